The van der Waals surface area contributed by atoms with Gasteiger partial charge in [0, 0.05) is 18.6 Å². The molecule has 0 heterocycles. The molecule has 0 fully saturated rings. The van der Waals surface area contributed by atoms with Gasteiger partial charge in [-0.05, 0) is 25.5 Å². The molecular formula is C16H23F2NO3. The number of carbonyl (C=O) groups is 1. The summed E-state index contributed by atoms with van der Waals surface area (Å²) in [7, 11) is 0. The van der Waals surface area contributed by atoms with E-state index in [0.29, 0.717) is 6.42 Å². The van der Waals surface area contributed by atoms with E-state index in [0.717, 1.165) is 5.56 Å². The number of hydrogen-bond donors (Lipinski definition) is 0. The van der Waals surface area contributed by atoms with E-state index in [9.17, 15) is 18.9 Å². The fourth-order valence-corrected chi connectivity index (χ4v) is 0.960. The Morgan fingerprint density at radius 1 is 1.41 bits per heavy atom. The monoisotopic (exact) mass is 315 g/mol. The molecule has 0 amide bonds. The van der Waals surface area contributed by atoms with Gasteiger partial charge in [-0.15, -0.1) is 5.73 Å². The first-order chi connectivity index (χ1) is 10.4. The van der Waals surface area contributed by atoms with Crippen molar-refractivity contribution in [3.8, 4) is 0 Å². The molecule has 1 aromatic rings. The Labute approximate surface area is 130 Å². The Balaban J connectivity index is -0.000000259. The Hall–Kier alpha value is -2.33. The molecule has 0 aliphatic carbocycles. The molecular weight excluding hydrogens is 292 g/mol. The average Bonchev–Trinajstić information content (AvgIpc) is 2.50. The van der Waals surface area contributed by atoms with Gasteiger partial charge in [-0.2, -0.15) is 0 Å². The number of alkyl halides is 2. The van der Waals surface area contributed by atoms with Crippen molar-refractivity contribution >= 4 is 12.5 Å². The highest BCUT2D eigenvalue weighted by molar-refractivity contribution is 5.33. The second-order valence-corrected chi connectivity index (χ2v) is 3.77. The minimum atomic E-state index is -2.10. The molecule has 4 nitrogen and oxygen atoms in total. The number of carbonyl (C=O) groups excluding carboxylic acids is 1. The lowest BCUT2D eigenvalue weighted by Crippen LogP contribution is -1.86. The lowest BCUT2D eigenvalue weighted by atomic mass is 10.2. The lowest BCUT2D eigenvalue weighted by molar-refractivity contribution is -0.384. The van der Waals surface area contributed by atoms with E-state index in [4.69, 9.17) is 4.79 Å². The van der Waals surface area contributed by atoms with Gasteiger partial charge in [0.05, 0.1) is 4.92 Å². The smallest absolute Gasteiger partial charge is 0.269 e. The van der Waals surface area contributed by atoms with E-state index in [-0.39, 0.29) is 12.1 Å². The number of allylic oxidation sites excluding steroid dienone is 1. The van der Waals surface area contributed by atoms with Crippen molar-refractivity contribution in [3.05, 3.63) is 58.3 Å². The lowest BCUT2D eigenvalue weighted by Gasteiger charge is -1.90. The van der Waals surface area contributed by atoms with Crippen LogP contribution in [0.2, 0.25) is 0 Å². The third kappa shape index (κ3) is 20.0. The molecule has 0 N–H and O–H groups in total. The molecule has 0 spiro atoms. The number of aryl methyl sites for hydroxylation is 1. The Kier molecular flexibility index (Phi) is 20.9. The molecule has 0 unspecified atom stereocenters. The van der Waals surface area contributed by atoms with E-state index in [2.05, 4.69) is 12.3 Å². The van der Waals surface area contributed by atoms with Crippen molar-refractivity contribution in [1.29, 1.82) is 0 Å². The van der Waals surface area contributed by atoms with Crippen LogP contribution < -0.4 is 0 Å². The topological polar surface area (TPSA) is 60.2 Å². The summed E-state index contributed by atoms with van der Waals surface area (Å²) in [4.78, 5) is 17.8. The zero-order valence-electron chi connectivity index (χ0n) is 13.2. The van der Waals surface area contributed by atoms with Gasteiger partial charge in [-0.1, -0.05) is 32.1 Å². The molecule has 0 atom stereocenters. The summed E-state index contributed by atoms with van der Waals surface area (Å²) < 4.78 is 22.1. The van der Waals surface area contributed by atoms with E-state index in [1.807, 2.05) is 26.7 Å². The minimum absolute atomic E-state index is 0.0417. The van der Waals surface area contributed by atoms with Crippen molar-refractivity contribution in [1.82, 2.24) is 0 Å². The molecule has 1 aromatic carbocycles. The number of nitro groups is 1. The summed E-state index contributed by atoms with van der Waals surface area (Å²) in [5, 5.41) is 10.2. The number of nitrogens with zero attached hydrogens (tertiary/aromatic N) is 1. The third-order valence-corrected chi connectivity index (χ3v) is 1.92. The van der Waals surface area contributed by atoms with Crippen LogP contribution in [-0.2, 0) is 4.79 Å². The summed E-state index contributed by atoms with van der Waals surface area (Å²) >= 11 is 0. The van der Waals surface area contributed by atoms with Crippen LogP contribution >= 0.6 is 0 Å². The van der Waals surface area contributed by atoms with Gasteiger partial charge >= 0.3 is 0 Å². The van der Waals surface area contributed by atoms with Gasteiger partial charge < -0.3 is 4.79 Å². The van der Waals surface area contributed by atoms with Crippen molar-refractivity contribution in [2.75, 3.05) is 0 Å². The van der Waals surface area contributed by atoms with Crippen LogP contribution in [0.4, 0.5) is 14.5 Å². The number of rotatable bonds is 3. The van der Waals surface area contributed by atoms with Crippen LogP contribution in [0.5, 0.6) is 0 Å². The van der Waals surface area contributed by atoms with E-state index in [1.165, 1.54) is 6.07 Å². The second kappa shape index (κ2) is 18.7. The van der Waals surface area contributed by atoms with Gasteiger partial charge in [0.15, 0.2) is 0 Å². The average molecular weight is 315 g/mol. The first-order valence-electron chi connectivity index (χ1n) is 6.47. The predicted octanol–water partition coefficient (Wildman–Crippen LogP) is 5.12. The zero-order chi connectivity index (χ0) is 18.0. The van der Waals surface area contributed by atoms with Gasteiger partial charge in [0.25, 0.3) is 5.69 Å². The highest BCUT2D eigenvalue weighted by Crippen LogP contribution is 2.11. The third-order valence-electron chi connectivity index (χ3n) is 1.92. The molecule has 0 aromatic heterocycles. The van der Waals surface area contributed by atoms with Crippen LogP contribution in [0, 0.1) is 17.0 Å². The minimum Gasteiger partial charge on any atom is -0.307 e. The fraction of sp³-hybridized carbons (Fsp3) is 0.375. The first kappa shape index (κ1) is 24.7. The van der Waals surface area contributed by atoms with Gasteiger partial charge in [0.2, 0.25) is 6.43 Å². The van der Waals surface area contributed by atoms with Crippen molar-refractivity contribution < 1.29 is 18.5 Å². The molecule has 0 aliphatic rings. The highest BCUT2D eigenvalue weighted by atomic mass is 19.3. The number of nitro benzene ring substituents is 1. The Morgan fingerprint density at radius 3 is 2.09 bits per heavy atom. The molecule has 1 rings (SSSR count). The standard InChI is InChI=1S/C7H7NO2.C4H8F2.C4H6.CH2O/c1-6-3-2-4-7(5-6)8(9)10;1-2-3-4(5)6;1-3-4-2;1-2/h2-5H,1H3;4H,2-3H2,1H3;4H,1H2,2H3;1H2. The van der Waals surface area contributed by atoms with E-state index < -0.39 is 11.3 Å². The fourth-order valence-electron chi connectivity index (χ4n) is 0.960. The predicted molar refractivity (Wildman–Crippen MR) is 85.3 cm³/mol. The quantitative estimate of drug-likeness (QED) is 0.442. The van der Waals surface area contributed by atoms with Gasteiger partial charge in [0.1, 0.15) is 6.79 Å². The summed E-state index contributed by atoms with van der Waals surface area (Å²) in [6, 6.07) is 6.52. The normalized spacial score (nSPS) is 7.91. The van der Waals surface area contributed by atoms with Crippen LogP contribution in [-0.4, -0.2) is 18.1 Å². The van der Waals surface area contributed by atoms with Crippen LogP contribution in [0.1, 0.15) is 32.3 Å². The molecule has 22 heavy (non-hydrogen) atoms. The maximum Gasteiger partial charge on any atom is 0.269 e. The Morgan fingerprint density at radius 2 is 1.91 bits per heavy atom. The van der Waals surface area contributed by atoms with E-state index >= 15 is 0 Å². The number of non-ortho nitro benzene ring substituents is 1. The number of benzene rings is 1. The van der Waals surface area contributed by atoms with Crippen molar-refractivity contribution in [2.45, 2.75) is 40.0 Å². The molecule has 0 bridgehead atoms. The molecule has 0 saturated carbocycles. The maximum atomic E-state index is 11.0. The summed E-state index contributed by atoms with van der Waals surface area (Å²) in [5.74, 6) is 0. The van der Waals surface area contributed by atoms with E-state index in [1.54, 1.807) is 25.1 Å². The molecule has 0 aliphatic heterocycles. The Bertz CT molecular complexity index is 445. The molecule has 0 saturated heterocycles. The highest BCUT2D eigenvalue weighted by Gasteiger charge is 2.01. The summed E-state index contributed by atoms with van der Waals surface area (Å²) in [6.45, 7) is 10.7. The summed E-state index contributed by atoms with van der Waals surface area (Å²) in [6.07, 6.45) is 0.285. The van der Waals surface area contributed by atoms with Crippen LogP contribution in [0.15, 0.2) is 42.7 Å². The van der Waals surface area contributed by atoms with Gasteiger partial charge in [-0.3, -0.25) is 10.1 Å². The van der Waals surface area contributed by atoms with Crippen molar-refractivity contribution in [2.24, 2.45) is 0 Å². The maximum absolute atomic E-state index is 11.0. The first-order valence-corrected chi connectivity index (χ1v) is 6.47. The number of halogens is 2. The largest absolute Gasteiger partial charge is 0.307 e. The SMILES string of the molecule is C=C=CC.C=O.CCCC(F)F.Cc1cccc([N+](=O)[O-])c1. The summed E-state index contributed by atoms with van der Waals surface area (Å²) in [5.41, 5.74) is 3.62. The zero-order valence-corrected chi connectivity index (χ0v) is 13.2. The van der Waals surface area contributed by atoms with Crippen LogP contribution in [0.25, 0.3) is 0 Å². The second-order valence-electron chi connectivity index (χ2n) is 3.77. The molecule has 124 valence electrons. The number of hydrogen-bond acceptors (Lipinski definition) is 3. The van der Waals surface area contributed by atoms with Gasteiger partial charge in [-0.25, -0.2) is 8.78 Å². The van der Waals surface area contributed by atoms with Crippen LogP contribution in [0.3, 0.4) is 0 Å². The molecule has 0 radical (unpaired) electrons. The molecule has 6 heteroatoms. The van der Waals surface area contributed by atoms with Crippen molar-refractivity contribution in [3.63, 3.8) is 0 Å².